The number of carbonyl (C=O) groups excluding carboxylic acids is 2. The molecule has 2 aromatic heterocycles. The minimum Gasteiger partial charge on any atom is -0.444 e. The average Bonchev–Trinajstić information content (AvgIpc) is 3.21. The predicted molar refractivity (Wildman–Crippen MR) is 140 cm³/mol. The molecule has 196 valence electrons. The first-order valence-corrected chi connectivity index (χ1v) is 13.4. The first kappa shape index (κ1) is 25.4. The zero-order chi connectivity index (χ0) is 27.2. The minimum absolute atomic E-state index is 0.0233. The Labute approximate surface area is 219 Å². The lowest BCUT2D eigenvalue weighted by molar-refractivity contribution is 0.0525. The van der Waals surface area contributed by atoms with Gasteiger partial charge in [0.25, 0.3) is 0 Å². The standard InChI is InChI=1S/C27H26N4O6S/c1-16-5-7-17(8-6-16)38(34,35)37-21-10-9-20-22-23(21)25(32)19-15-28-12-11-18(19)24(22)30-31(20)14-13-29-26(33)36-27(2,3)4/h5-12,15H,13-14H2,1-4H3,(H,29,33). The molecule has 11 heteroatoms. The van der Waals surface area contributed by atoms with E-state index in [1.807, 2.05) is 6.92 Å². The van der Waals surface area contributed by atoms with Crippen LogP contribution < -0.4 is 9.50 Å². The molecule has 1 aliphatic rings. The molecule has 4 aromatic rings. The minimum atomic E-state index is -4.21. The lowest BCUT2D eigenvalue weighted by atomic mass is 9.88. The second-order valence-electron chi connectivity index (χ2n) is 9.93. The summed E-state index contributed by atoms with van der Waals surface area (Å²) in [6.07, 6.45) is 2.44. The molecule has 0 fully saturated rings. The Morgan fingerprint density at radius 2 is 1.79 bits per heavy atom. The number of amides is 1. The third kappa shape index (κ3) is 4.72. The molecule has 2 heterocycles. The van der Waals surface area contributed by atoms with Crippen molar-refractivity contribution in [3.05, 3.63) is 71.5 Å². The summed E-state index contributed by atoms with van der Waals surface area (Å²) < 4.78 is 38.6. The Hall–Kier alpha value is -4.25. The van der Waals surface area contributed by atoms with E-state index >= 15 is 0 Å². The van der Waals surface area contributed by atoms with Gasteiger partial charge in [-0.1, -0.05) is 17.7 Å². The first-order valence-electron chi connectivity index (χ1n) is 12.0. The van der Waals surface area contributed by atoms with Crippen LogP contribution in [0.2, 0.25) is 0 Å². The van der Waals surface area contributed by atoms with E-state index in [4.69, 9.17) is 14.0 Å². The fourth-order valence-corrected chi connectivity index (χ4v) is 5.21. The van der Waals surface area contributed by atoms with E-state index in [1.165, 1.54) is 24.4 Å². The Morgan fingerprint density at radius 1 is 1.05 bits per heavy atom. The number of aromatic nitrogens is 3. The van der Waals surface area contributed by atoms with Crippen LogP contribution in [0.4, 0.5) is 4.79 Å². The van der Waals surface area contributed by atoms with Crippen molar-refractivity contribution in [1.82, 2.24) is 20.1 Å². The van der Waals surface area contributed by atoms with E-state index in [-0.39, 0.29) is 29.3 Å². The fraction of sp³-hybridized carbons (Fsp3) is 0.259. The van der Waals surface area contributed by atoms with Gasteiger partial charge in [0.2, 0.25) is 0 Å². The summed E-state index contributed by atoms with van der Waals surface area (Å²) in [4.78, 5) is 29.7. The molecule has 2 aromatic carbocycles. The van der Waals surface area contributed by atoms with Gasteiger partial charge < -0.3 is 14.2 Å². The summed E-state index contributed by atoms with van der Waals surface area (Å²) in [5, 5.41) is 7.89. The first-order chi connectivity index (χ1) is 17.9. The number of fused-ring (bicyclic) bond motifs is 2. The average molecular weight is 535 g/mol. The van der Waals surface area contributed by atoms with Gasteiger partial charge in [-0.15, -0.1) is 0 Å². The van der Waals surface area contributed by atoms with E-state index in [0.29, 0.717) is 27.7 Å². The van der Waals surface area contributed by atoms with E-state index in [1.54, 1.807) is 55.9 Å². The second-order valence-corrected chi connectivity index (χ2v) is 11.5. The zero-order valence-corrected chi connectivity index (χ0v) is 22.1. The number of ketones is 1. The van der Waals surface area contributed by atoms with E-state index in [9.17, 15) is 18.0 Å². The SMILES string of the molecule is Cc1ccc(S(=O)(=O)Oc2ccc3c4c(nn3CCNC(=O)OC(C)(C)C)-c3ccncc3C(=O)c24)cc1. The number of nitrogens with one attached hydrogen (secondary N) is 1. The highest BCUT2D eigenvalue weighted by Crippen LogP contribution is 2.43. The third-order valence-electron chi connectivity index (χ3n) is 5.93. The highest BCUT2D eigenvalue weighted by atomic mass is 32.2. The number of carbonyl (C=O) groups is 2. The molecule has 0 saturated carbocycles. The largest absolute Gasteiger partial charge is 0.444 e. The molecule has 1 N–H and O–H groups in total. The smallest absolute Gasteiger partial charge is 0.407 e. The Bertz CT molecular complexity index is 1690. The van der Waals surface area contributed by atoms with Crippen molar-refractivity contribution >= 4 is 32.9 Å². The van der Waals surface area contributed by atoms with Gasteiger partial charge in [0.1, 0.15) is 16.2 Å². The van der Waals surface area contributed by atoms with Crippen molar-refractivity contribution in [3.63, 3.8) is 0 Å². The Morgan fingerprint density at radius 3 is 2.50 bits per heavy atom. The maximum atomic E-state index is 13.6. The van der Waals surface area contributed by atoms with Crippen molar-refractivity contribution < 1.29 is 26.9 Å². The molecule has 0 aliphatic heterocycles. The van der Waals surface area contributed by atoms with Gasteiger partial charge in [-0.25, -0.2) is 4.79 Å². The number of hydrogen-bond donors (Lipinski definition) is 1. The van der Waals surface area contributed by atoms with Crippen molar-refractivity contribution in [1.29, 1.82) is 0 Å². The van der Waals surface area contributed by atoms with Crippen molar-refractivity contribution in [2.45, 2.75) is 44.7 Å². The normalized spacial score (nSPS) is 12.8. The number of benzene rings is 2. The molecule has 0 spiro atoms. The van der Waals surface area contributed by atoms with Crippen LogP contribution in [0.15, 0.2) is 59.8 Å². The molecule has 0 bridgehead atoms. The third-order valence-corrected chi connectivity index (χ3v) is 7.18. The predicted octanol–water partition coefficient (Wildman–Crippen LogP) is 4.24. The summed E-state index contributed by atoms with van der Waals surface area (Å²) in [6, 6.07) is 11.0. The monoisotopic (exact) mass is 534 g/mol. The van der Waals surface area contributed by atoms with E-state index in [0.717, 1.165) is 5.56 Å². The molecule has 0 atom stereocenters. The van der Waals surface area contributed by atoms with E-state index in [2.05, 4.69) is 10.3 Å². The highest BCUT2D eigenvalue weighted by molar-refractivity contribution is 7.87. The van der Waals surface area contributed by atoms with Crippen LogP contribution in [-0.4, -0.2) is 47.2 Å². The summed E-state index contributed by atoms with van der Waals surface area (Å²) in [5.74, 6) is -0.503. The Kier molecular flexibility index (Phi) is 6.18. The van der Waals surface area contributed by atoms with Gasteiger partial charge in [-0.2, -0.15) is 13.5 Å². The number of hydrogen-bond acceptors (Lipinski definition) is 8. The van der Waals surface area contributed by atoms with Crippen LogP contribution in [0, 0.1) is 6.92 Å². The zero-order valence-electron chi connectivity index (χ0n) is 21.3. The van der Waals surface area contributed by atoms with E-state index < -0.39 is 27.6 Å². The van der Waals surface area contributed by atoms with Crippen LogP contribution >= 0.6 is 0 Å². The Balaban J connectivity index is 1.55. The van der Waals surface area contributed by atoms with Gasteiger partial charge in [0, 0.05) is 29.9 Å². The summed E-state index contributed by atoms with van der Waals surface area (Å²) in [5.41, 5.74) is 2.34. The topological polar surface area (TPSA) is 129 Å². The number of pyridine rings is 1. The maximum absolute atomic E-state index is 13.6. The molecule has 10 nitrogen and oxygen atoms in total. The van der Waals surface area contributed by atoms with Crippen LogP contribution in [0.5, 0.6) is 5.75 Å². The number of nitrogens with zero attached hydrogens (tertiary/aromatic N) is 3. The fourth-order valence-electron chi connectivity index (χ4n) is 4.27. The molecular formula is C27H26N4O6S. The molecule has 1 amide bonds. The maximum Gasteiger partial charge on any atom is 0.407 e. The molecule has 1 aliphatic carbocycles. The quantitative estimate of drug-likeness (QED) is 0.320. The lowest BCUT2D eigenvalue weighted by Gasteiger charge is -2.19. The molecular weight excluding hydrogens is 508 g/mol. The van der Waals surface area contributed by atoms with Gasteiger partial charge in [-0.05, 0) is 58.0 Å². The summed E-state index contributed by atoms with van der Waals surface area (Å²) in [7, 11) is -4.21. The van der Waals surface area contributed by atoms with Gasteiger partial charge in [0.05, 0.1) is 23.2 Å². The van der Waals surface area contributed by atoms with Crippen molar-refractivity contribution in [3.8, 4) is 17.0 Å². The van der Waals surface area contributed by atoms with Crippen molar-refractivity contribution in [2.75, 3.05) is 6.54 Å². The van der Waals surface area contributed by atoms with Gasteiger partial charge in [0.15, 0.2) is 11.5 Å². The summed E-state index contributed by atoms with van der Waals surface area (Å²) in [6.45, 7) is 7.68. The molecule has 38 heavy (non-hydrogen) atoms. The van der Waals surface area contributed by atoms with Crippen LogP contribution in [0.1, 0.15) is 42.3 Å². The van der Waals surface area contributed by atoms with Crippen molar-refractivity contribution in [2.24, 2.45) is 0 Å². The molecule has 0 radical (unpaired) electrons. The lowest BCUT2D eigenvalue weighted by Crippen LogP contribution is -2.34. The number of aryl methyl sites for hydroxylation is 1. The van der Waals surface area contributed by atoms with Crippen LogP contribution in [0.3, 0.4) is 0 Å². The van der Waals surface area contributed by atoms with Crippen LogP contribution in [-0.2, 0) is 21.4 Å². The van der Waals surface area contributed by atoms with Crippen LogP contribution in [0.25, 0.3) is 22.2 Å². The van der Waals surface area contributed by atoms with Gasteiger partial charge in [-0.3, -0.25) is 14.5 Å². The number of rotatable bonds is 6. The highest BCUT2D eigenvalue weighted by Gasteiger charge is 2.33. The summed E-state index contributed by atoms with van der Waals surface area (Å²) >= 11 is 0. The molecule has 5 rings (SSSR count). The molecule has 0 saturated heterocycles. The second kappa shape index (κ2) is 9.25. The number of alkyl carbamates (subject to hydrolysis) is 1. The molecule has 0 unspecified atom stereocenters. The number of ether oxygens (including phenoxy) is 1. The van der Waals surface area contributed by atoms with Gasteiger partial charge >= 0.3 is 16.2 Å².